The van der Waals surface area contributed by atoms with Crippen molar-refractivity contribution in [2.75, 3.05) is 5.32 Å². The van der Waals surface area contributed by atoms with Gasteiger partial charge in [0, 0.05) is 12.0 Å². The first kappa shape index (κ1) is 17.3. The van der Waals surface area contributed by atoms with E-state index in [0.29, 0.717) is 28.4 Å². The molecule has 23 heavy (non-hydrogen) atoms. The summed E-state index contributed by atoms with van der Waals surface area (Å²) in [6, 6.07) is 10.1. The molecule has 0 aliphatic carbocycles. The lowest BCUT2D eigenvalue weighted by Gasteiger charge is -2.14. The Labute approximate surface area is 140 Å². The highest BCUT2D eigenvalue weighted by Crippen LogP contribution is 2.28. The third kappa shape index (κ3) is 4.45. The molecule has 0 saturated heterocycles. The van der Waals surface area contributed by atoms with Gasteiger partial charge in [-0.15, -0.1) is 0 Å². The molecule has 0 bridgehead atoms. The molecule has 2 rings (SSSR count). The maximum atomic E-state index is 14.1. The summed E-state index contributed by atoms with van der Waals surface area (Å²) in [6.45, 7) is 3.76. The van der Waals surface area contributed by atoms with Crippen LogP contribution in [0.5, 0.6) is 5.75 Å². The van der Waals surface area contributed by atoms with Gasteiger partial charge in [0.25, 0.3) is 0 Å². The zero-order valence-electron chi connectivity index (χ0n) is 13.2. The Bertz CT molecular complexity index is 703. The highest BCUT2D eigenvalue weighted by atomic mass is 35.5. The lowest BCUT2D eigenvalue weighted by molar-refractivity contribution is -0.115. The van der Waals surface area contributed by atoms with Gasteiger partial charge in [-0.25, -0.2) is 4.39 Å². The molecule has 1 amide bonds. The summed E-state index contributed by atoms with van der Waals surface area (Å²) in [5.41, 5.74) is 1.81. The van der Waals surface area contributed by atoms with E-state index in [9.17, 15) is 9.18 Å². The predicted octanol–water partition coefficient (Wildman–Crippen LogP) is 4.97. The third-order valence-electron chi connectivity index (χ3n) is 3.49. The number of hydrogen-bond donors (Lipinski definition) is 1. The number of nitrogens with one attached hydrogen (secondary N) is 1. The fraction of sp³-hybridized carbons (Fsp3) is 0.278. The Balaban J connectivity index is 2.18. The first-order valence-electron chi connectivity index (χ1n) is 7.53. The summed E-state index contributed by atoms with van der Waals surface area (Å²) in [5.74, 6) is -0.123. The quantitative estimate of drug-likeness (QED) is 0.809. The van der Waals surface area contributed by atoms with Crippen LogP contribution in [0.4, 0.5) is 10.1 Å². The van der Waals surface area contributed by atoms with Gasteiger partial charge in [-0.05, 0) is 36.2 Å². The Kier molecular flexibility index (Phi) is 5.99. The van der Waals surface area contributed by atoms with Gasteiger partial charge in [0.05, 0.1) is 10.7 Å². The van der Waals surface area contributed by atoms with Crippen molar-refractivity contribution >= 4 is 23.2 Å². The van der Waals surface area contributed by atoms with Gasteiger partial charge in [-0.3, -0.25) is 4.79 Å². The Morgan fingerprint density at radius 2 is 2.04 bits per heavy atom. The van der Waals surface area contributed by atoms with Crippen molar-refractivity contribution in [1.29, 1.82) is 0 Å². The van der Waals surface area contributed by atoms with Crippen LogP contribution in [0.2, 0.25) is 5.02 Å². The highest BCUT2D eigenvalue weighted by Gasteiger charge is 2.12. The van der Waals surface area contributed by atoms with E-state index >= 15 is 0 Å². The molecule has 3 nitrogen and oxygen atoms in total. The number of carbonyl (C=O) groups is 1. The summed E-state index contributed by atoms with van der Waals surface area (Å²) in [7, 11) is 0. The summed E-state index contributed by atoms with van der Waals surface area (Å²) in [5, 5.41) is 3.16. The Morgan fingerprint density at radius 3 is 2.70 bits per heavy atom. The Morgan fingerprint density at radius 1 is 1.26 bits per heavy atom. The molecule has 0 heterocycles. The van der Waals surface area contributed by atoms with Crippen LogP contribution >= 0.6 is 11.6 Å². The lowest BCUT2D eigenvalue weighted by atomic mass is 10.1. The number of anilines is 1. The standard InChI is InChI=1S/C18H19ClFNO2/c1-3-12-8-9-17(14(19)10-12)23-11-13-15(20)6-5-7-16(13)21-18(22)4-2/h5-10H,3-4,11H2,1-2H3,(H,21,22). The van der Waals surface area contributed by atoms with Gasteiger partial charge < -0.3 is 10.1 Å². The van der Waals surface area contributed by atoms with E-state index in [4.69, 9.17) is 16.3 Å². The van der Waals surface area contributed by atoms with Gasteiger partial charge in [-0.2, -0.15) is 0 Å². The smallest absolute Gasteiger partial charge is 0.224 e. The SMILES string of the molecule is CCC(=O)Nc1cccc(F)c1COc1ccc(CC)cc1Cl. The van der Waals surface area contributed by atoms with Gasteiger partial charge in [0.1, 0.15) is 18.2 Å². The number of benzene rings is 2. The minimum absolute atomic E-state index is 0.0167. The topological polar surface area (TPSA) is 38.3 Å². The van der Waals surface area contributed by atoms with Gasteiger partial charge in [0.15, 0.2) is 0 Å². The molecule has 2 aromatic rings. The van der Waals surface area contributed by atoms with Crippen LogP contribution in [-0.2, 0) is 17.8 Å². The maximum absolute atomic E-state index is 14.1. The number of carbonyl (C=O) groups excluding carboxylic acids is 1. The van der Waals surface area contributed by atoms with Crippen molar-refractivity contribution in [1.82, 2.24) is 0 Å². The average molecular weight is 336 g/mol. The molecule has 0 saturated carbocycles. The van der Waals surface area contributed by atoms with Crippen LogP contribution in [0.25, 0.3) is 0 Å². The van der Waals surface area contributed by atoms with E-state index in [0.717, 1.165) is 12.0 Å². The van der Waals surface area contributed by atoms with E-state index in [2.05, 4.69) is 5.32 Å². The molecule has 2 aromatic carbocycles. The number of rotatable bonds is 6. The summed E-state index contributed by atoms with van der Waals surface area (Å²) in [4.78, 5) is 11.5. The lowest BCUT2D eigenvalue weighted by Crippen LogP contribution is -2.13. The summed E-state index contributed by atoms with van der Waals surface area (Å²) >= 11 is 6.17. The monoisotopic (exact) mass is 335 g/mol. The first-order chi connectivity index (χ1) is 11.0. The summed E-state index contributed by atoms with van der Waals surface area (Å²) < 4.78 is 19.7. The van der Waals surface area contributed by atoms with Crippen LogP contribution in [-0.4, -0.2) is 5.91 Å². The second-order valence-electron chi connectivity index (χ2n) is 5.07. The normalized spacial score (nSPS) is 10.4. The zero-order chi connectivity index (χ0) is 16.8. The first-order valence-corrected chi connectivity index (χ1v) is 7.91. The molecule has 0 aromatic heterocycles. The van der Waals surface area contributed by atoms with E-state index in [1.54, 1.807) is 25.1 Å². The second-order valence-corrected chi connectivity index (χ2v) is 5.48. The number of ether oxygens (including phenoxy) is 1. The molecule has 1 N–H and O–H groups in total. The fourth-order valence-corrected chi connectivity index (χ4v) is 2.35. The van der Waals surface area contributed by atoms with Crippen molar-refractivity contribution in [3.63, 3.8) is 0 Å². The fourth-order valence-electron chi connectivity index (χ4n) is 2.09. The third-order valence-corrected chi connectivity index (χ3v) is 3.79. The summed E-state index contributed by atoms with van der Waals surface area (Å²) in [6.07, 6.45) is 1.20. The highest BCUT2D eigenvalue weighted by molar-refractivity contribution is 6.32. The number of aryl methyl sites for hydroxylation is 1. The molecule has 0 radical (unpaired) electrons. The number of amides is 1. The maximum Gasteiger partial charge on any atom is 0.224 e. The van der Waals surface area contributed by atoms with Crippen molar-refractivity contribution < 1.29 is 13.9 Å². The van der Waals surface area contributed by atoms with Crippen LogP contribution in [0.3, 0.4) is 0 Å². The van der Waals surface area contributed by atoms with Crippen molar-refractivity contribution in [2.24, 2.45) is 0 Å². The van der Waals surface area contributed by atoms with Crippen molar-refractivity contribution in [3.8, 4) is 5.75 Å². The van der Waals surface area contributed by atoms with E-state index < -0.39 is 5.82 Å². The predicted molar refractivity (Wildman–Crippen MR) is 90.5 cm³/mol. The van der Waals surface area contributed by atoms with E-state index in [1.165, 1.54) is 6.07 Å². The molecular weight excluding hydrogens is 317 g/mol. The molecule has 0 atom stereocenters. The zero-order valence-corrected chi connectivity index (χ0v) is 13.9. The van der Waals surface area contributed by atoms with Crippen LogP contribution in [0, 0.1) is 5.82 Å². The van der Waals surface area contributed by atoms with Crippen LogP contribution in [0.15, 0.2) is 36.4 Å². The molecule has 122 valence electrons. The van der Waals surface area contributed by atoms with Crippen molar-refractivity contribution in [2.45, 2.75) is 33.3 Å². The second kappa shape index (κ2) is 7.97. The Hall–Kier alpha value is -2.07. The molecule has 0 fully saturated rings. The van der Waals surface area contributed by atoms with Gasteiger partial charge in [0.2, 0.25) is 5.91 Å². The molecule has 0 unspecified atom stereocenters. The van der Waals surface area contributed by atoms with Crippen LogP contribution < -0.4 is 10.1 Å². The minimum Gasteiger partial charge on any atom is -0.487 e. The molecule has 0 spiro atoms. The van der Waals surface area contributed by atoms with E-state index in [1.807, 2.05) is 19.1 Å². The number of hydrogen-bond acceptors (Lipinski definition) is 2. The molecule has 5 heteroatoms. The van der Waals surface area contributed by atoms with E-state index in [-0.39, 0.29) is 12.5 Å². The van der Waals surface area contributed by atoms with Gasteiger partial charge in [-0.1, -0.05) is 37.6 Å². The van der Waals surface area contributed by atoms with Crippen LogP contribution in [0.1, 0.15) is 31.4 Å². The molecular formula is C18H19ClFNO2. The minimum atomic E-state index is -0.430. The average Bonchev–Trinajstić information content (AvgIpc) is 2.55. The molecule has 0 aliphatic heterocycles. The van der Waals surface area contributed by atoms with Crippen molar-refractivity contribution in [3.05, 3.63) is 58.4 Å². The largest absolute Gasteiger partial charge is 0.487 e. The molecule has 0 aliphatic rings. The number of halogens is 2. The van der Waals surface area contributed by atoms with Gasteiger partial charge >= 0.3 is 0 Å².